The molecule has 0 saturated heterocycles. The molecule has 102 valence electrons. The van der Waals surface area contributed by atoms with E-state index in [4.69, 9.17) is 0 Å². The van der Waals surface area contributed by atoms with Crippen LogP contribution in [0.15, 0.2) is 18.7 Å². The van der Waals surface area contributed by atoms with Crippen molar-refractivity contribution in [2.75, 3.05) is 11.9 Å². The van der Waals surface area contributed by atoms with Crippen molar-refractivity contribution < 1.29 is 5.11 Å². The molecule has 2 aromatic rings. The maximum atomic E-state index is 9.78. The number of nitrogens with one attached hydrogen (secondary N) is 1. The van der Waals surface area contributed by atoms with E-state index in [0.717, 1.165) is 31.6 Å². The highest BCUT2D eigenvalue weighted by Crippen LogP contribution is 2.34. The third-order valence-electron chi connectivity index (χ3n) is 4.13. The van der Waals surface area contributed by atoms with Crippen molar-refractivity contribution in [3.8, 4) is 0 Å². The van der Waals surface area contributed by atoms with E-state index in [1.807, 2.05) is 10.6 Å². The number of aliphatic hydroxyl groups is 1. The van der Waals surface area contributed by atoms with E-state index < -0.39 is 0 Å². The second-order valence-electron chi connectivity index (χ2n) is 5.58. The molecule has 1 aliphatic rings. The van der Waals surface area contributed by atoms with Gasteiger partial charge in [0.1, 0.15) is 6.33 Å². The number of hydrogen-bond acceptors (Lipinski definition) is 5. The number of rotatable bonds is 3. The van der Waals surface area contributed by atoms with Crippen LogP contribution in [0.25, 0.3) is 5.65 Å². The van der Waals surface area contributed by atoms with Gasteiger partial charge in [-0.05, 0) is 31.6 Å². The van der Waals surface area contributed by atoms with Crippen LogP contribution in [0, 0.1) is 5.92 Å². The molecular weight excluding hydrogens is 242 g/mol. The minimum Gasteiger partial charge on any atom is -0.394 e. The molecule has 2 N–H and O–H groups in total. The molecule has 2 heterocycles. The summed E-state index contributed by atoms with van der Waals surface area (Å²) in [6, 6.07) is 0. The highest BCUT2D eigenvalue weighted by Gasteiger charge is 2.34. The third kappa shape index (κ3) is 2.28. The summed E-state index contributed by atoms with van der Waals surface area (Å²) in [6.07, 6.45) is 9.36. The Bertz CT molecular complexity index is 559. The minimum absolute atomic E-state index is 0.122. The van der Waals surface area contributed by atoms with Gasteiger partial charge in [0.2, 0.25) is 5.65 Å². The van der Waals surface area contributed by atoms with Crippen LogP contribution < -0.4 is 5.32 Å². The van der Waals surface area contributed by atoms with Crippen molar-refractivity contribution in [3.05, 3.63) is 18.7 Å². The van der Waals surface area contributed by atoms with Crippen molar-refractivity contribution in [2.45, 2.75) is 38.1 Å². The fourth-order valence-electron chi connectivity index (χ4n) is 2.74. The first-order valence-electron chi connectivity index (χ1n) is 6.76. The minimum atomic E-state index is -0.271. The van der Waals surface area contributed by atoms with E-state index >= 15 is 0 Å². The normalized spacial score (nSPS) is 27.6. The molecule has 0 spiro atoms. The summed E-state index contributed by atoms with van der Waals surface area (Å²) in [7, 11) is 0. The third-order valence-corrected chi connectivity index (χ3v) is 4.13. The smallest absolute Gasteiger partial charge is 0.203 e. The lowest BCUT2D eigenvalue weighted by atomic mass is 9.77. The average Bonchev–Trinajstić information content (AvgIpc) is 2.91. The number of anilines is 1. The molecule has 0 atom stereocenters. The van der Waals surface area contributed by atoms with Crippen molar-refractivity contribution in [2.24, 2.45) is 5.92 Å². The van der Waals surface area contributed by atoms with Gasteiger partial charge < -0.3 is 10.4 Å². The molecule has 19 heavy (non-hydrogen) atoms. The fraction of sp³-hybridized carbons (Fsp3) is 0.615. The number of hydrogen-bond donors (Lipinski definition) is 2. The highest BCUT2D eigenvalue weighted by molar-refractivity contribution is 5.62. The van der Waals surface area contributed by atoms with Gasteiger partial charge >= 0.3 is 0 Å². The zero-order chi connectivity index (χ0) is 13.3. The van der Waals surface area contributed by atoms with Crippen LogP contribution in [0.4, 0.5) is 5.82 Å². The van der Waals surface area contributed by atoms with Gasteiger partial charge in [-0.15, -0.1) is 10.2 Å². The fourth-order valence-corrected chi connectivity index (χ4v) is 2.74. The second-order valence-corrected chi connectivity index (χ2v) is 5.58. The molecule has 1 fully saturated rings. The van der Waals surface area contributed by atoms with Crippen LogP contribution in [0.5, 0.6) is 0 Å². The second kappa shape index (κ2) is 4.77. The summed E-state index contributed by atoms with van der Waals surface area (Å²) in [5, 5.41) is 21.1. The molecule has 3 rings (SSSR count). The first-order valence-corrected chi connectivity index (χ1v) is 6.76. The van der Waals surface area contributed by atoms with E-state index in [9.17, 15) is 5.11 Å². The first-order chi connectivity index (χ1) is 9.22. The zero-order valence-electron chi connectivity index (χ0n) is 11.1. The predicted molar refractivity (Wildman–Crippen MR) is 71.9 cm³/mol. The standard InChI is InChI=1S/C13H19N5O/c1-10-2-4-13(8-19,5-3-10)16-11-12-17-15-9-18(12)7-6-14-11/h6-7,9-10,19H,2-5,8H2,1H3,(H,14,16). The Hall–Kier alpha value is -1.69. The monoisotopic (exact) mass is 261 g/mol. The van der Waals surface area contributed by atoms with Crippen molar-refractivity contribution >= 4 is 11.5 Å². The Labute approximate surface area is 111 Å². The van der Waals surface area contributed by atoms with Crippen molar-refractivity contribution in [3.63, 3.8) is 0 Å². The van der Waals surface area contributed by atoms with Gasteiger partial charge in [0.15, 0.2) is 5.82 Å². The summed E-state index contributed by atoms with van der Waals surface area (Å²) in [6.45, 7) is 2.38. The van der Waals surface area contributed by atoms with Gasteiger partial charge in [0, 0.05) is 12.4 Å². The van der Waals surface area contributed by atoms with Crippen molar-refractivity contribution in [1.29, 1.82) is 0 Å². The summed E-state index contributed by atoms with van der Waals surface area (Å²) in [5.41, 5.74) is 0.432. The van der Waals surface area contributed by atoms with Gasteiger partial charge in [0.05, 0.1) is 12.1 Å². The summed E-state index contributed by atoms with van der Waals surface area (Å²) < 4.78 is 1.83. The van der Waals surface area contributed by atoms with Crippen LogP contribution in [-0.2, 0) is 0 Å². The van der Waals surface area contributed by atoms with E-state index in [-0.39, 0.29) is 12.1 Å². The number of fused-ring (bicyclic) bond motifs is 1. The largest absolute Gasteiger partial charge is 0.394 e. The summed E-state index contributed by atoms with van der Waals surface area (Å²) in [5.74, 6) is 1.43. The van der Waals surface area contributed by atoms with Crippen LogP contribution >= 0.6 is 0 Å². The number of nitrogens with zero attached hydrogens (tertiary/aromatic N) is 4. The maximum Gasteiger partial charge on any atom is 0.203 e. The first kappa shape index (κ1) is 12.3. The van der Waals surface area contributed by atoms with Gasteiger partial charge in [0.25, 0.3) is 0 Å². The molecule has 0 unspecified atom stereocenters. The predicted octanol–water partition coefficient (Wildman–Crippen LogP) is 1.48. The average molecular weight is 261 g/mol. The Morgan fingerprint density at radius 2 is 2.26 bits per heavy atom. The molecule has 0 aliphatic heterocycles. The molecule has 1 aliphatic carbocycles. The van der Waals surface area contributed by atoms with E-state index in [1.165, 1.54) is 0 Å². The molecule has 2 aromatic heterocycles. The molecule has 0 bridgehead atoms. The Kier molecular flexibility index (Phi) is 3.10. The SMILES string of the molecule is CC1CCC(CO)(Nc2nccn3cnnc23)CC1. The topological polar surface area (TPSA) is 75.3 Å². The van der Waals surface area contributed by atoms with Crippen molar-refractivity contribution in [1.82, 2.24) is 19.6 Å². The van der Waals surface area contributed by atoms with Crippen LogP contribution in [0.2, 0.25) is 0 Å². The van der Waals surface area contributed by atoms with Crippen LogP contribution in [0.3, 0.4) is 0 Å². The lowest BCUT2D eigenvalue weighted by Crippen LogP contribution is -2.45. The molecule has 0 radical (unpaired) electrons. The van der Waals surface area contributed by atoms with Gasteiger partial charge in [-0.2, -0.15) is 0 Å². The molecule has 1 saturated carbocycles. The lowest BCUT2D eigenvalue weighted by molar-refractivity contribution is 0.155. The van der Waals surface area contributed by atoms with Gasteiger partial charge in [-0.1, -0.05) is 6.92 Å². The van der Waals surface area contributed by atoms with Gasteiger partial charge in [-0.25, -0.2) is 4.98 Å². The molecular formula is C13H19N5O. The van der Waals surface area contributed by atoms with E-state index in [0.29, 0.717) is 11.5 Å². The van der Waals surface area contributed by atoms with E-state index in [1.54, 1.807) is 12.5 Å². The van der Waals surface area contributed by atoms with E-state index in [2.05, 4.69) is 27.4 Å². The number of aromatic nitrogens is 4. The number of aliphatic hydroxyl groups excluding tert-OH is 1. The summed E-state index contributed by atoms with van der Waals surface area (Å²) >= 11 is 0. The van der Waals surface area contributed by atoms with Gasteiger partial charge in [-0.3, -0.25) is 4.40 Å². The zero-order valence-corrected chi connectivity index (χ0v) is 11.1. The molecule has 6 heteroatoms. The maximum absolute atomic E-state index is 9.78. The molecule has 0 aromatic carbocycles. The Morgan fingerprint density at radius 1 is 1.47 bits per heavy atom. The van der Waals surface area contributed by atoms with Crippen LogP contribution in [0.1, 0.15) is 32.6 Å². The quantitative estimate of drug-likeness (QED) is 0.875. The highest BCUT2D eigenvalue weighted by atomic mass is 16.3. The molecule has 0 amide bonds. The molecule has 6 nitrogen and oxygen atoms in total. The Balaban J connectivity index is 1.88. The summed E-state index contributed by atoms with van der Waals surface area (Å²) in [4.78, 5) is 4.34. The lowest BCUT2D eigenvalue weighted by Gasteiger charge is -2.39. The van der Waals surface area contributed by atoms with Crippen LogP contribution in [-0.4, -0.2) is 36.8 Å². The Morgan fingerprint density at radius 3 is 3.00 bits per heavy atom.